The average molecular weight is 443 g/mol. The van der Waals surface area contributed by atoms with Gasteiger partial charge in [-0.15, -0.1) is 0 Å². The number of aromatic nitrogens is 2. The Hall–Kier alpha value is -2.60. The number of halogens is 2. The summed E-state index contributed by atoms with van der Waals surface area (Å²) >= 11 is 12.0. The monoisotopic (exact) mass is 442 g/mol. The summed E-state index contributed by atoms with van der Waals surface area (Å²) in [5.41, 5.74) is 3.40. The maximum atomic E-state index is 11.8. The van der Waals surface area contributed by atoms with Crippen molar-refractivity contribution in [3.05, 3.63) is 89.0 Å². The van der Waals surface area contributed by atoms with E-state index in [4.69, 9.17) is 28.2 Å². The number of imidazole rings is 1. The zero-order chi connectivity index (χ0) is 20.6. The van der Waals surface area contributed by atoms with Crippen molar-refractivity contribution in [3.63, 3.8) is 0 Å². The van der Waals surface area contributed by atoms with E-state index in [-0.39, 0.29) is 4.90 Å². The lowest BCUT2D eigenvalue weighted by Crippen LogP contribution is -1.98. The molecule has 0 bridgehead atoms. The van der Waals surface area contributed by atoms with Crippen LogP contribution in [0.1, 0.15) is 0 Å². The van der Waals surface area contributed by atoms with Crippen molar-refractivity contribution in [2.45, 2.75) is 4.90 Å². The van der Waals surface area contributed by atoms with Gasteiger partial charge in [-0.1, -0.05) is 35.3 Å². The fourth-order valence-corrected chi connectivity index (χ4v) is 3.88. The number of benzene rings is 3. The molecule has 0 amide bonds. The molecule has 1 heterocycles. The van der Waals surface area contributed by atoms with Crippen molar-refractivity contribution in [3.8, 4) is 28.3 Å². The van der Waals surface area contributed by atoms with Crippen LogP contribution in [-0.2, 0) is 9.84 Å². The molecule has 0 atom stereocenters. The van der Waals surface area contributed by atoms with Gasteiger partial charge in [-0.2, -0.15) is 0 Å². The number of hydrogen-bond acceptors (Lipinski definition) is 3. The van der Waals surface area contributed by atoms with Crippen molar-refractivity contribution in [2.24, 2.45) is 0 Å². The van der Waals surface area contributed by atoms with E-state index in [1.807, 2.05) is 59.3 Å². The molecule has 7 heteroatoms. The summed E-state index contributed by atoms with van der Waals surface area (Å²) in [5, 5.41) is 1.30. The molecule has 0 saturated carbocycles. The summed E-state index contributed by atoms with van der Waals surface area (Å²) in [7, 11) is -3.27. The molecule has 3 aromatic carbocycles. The van der Waals surface area contributed by atoms with Crippen LogP contribution in [-0.4, -0.2) is 24.2 Å². The summed E-state index contributed by atoms with van der Waals surface area (Å²) in [6.07, 6.45) is 3.13. The summed E-state index contributed by atoms with van der Waals surface area (Å²) < 4.78 is 25.5. The van der Waals surface area contributed by atoms with Crippen LogP contribution in [0, 0.1) is 0 Å². The average Bonchev–Trinajstić information content (AvgIpc) is 3.14. The first kappa shape index (κ1) is 19.7. The number of nitrogens with zero attached hydrogens (tertiary/aromatic N) is 2. The molecule has 0 radical (unpaired) electrons. The number of hydrogen-bond donors (Lipinski definition) is 0. The zero-order valence-electron chi connectivity index (χ0n) is 15.4. The van der Waals surface area contributed by atoms with Crippen molar-refractivity contribution in [2.75, 3.05) is 6.26 Å². The lowest BCUT2D eigenvalue weighted by atomic mass is 10.2. The maximum Gasteiger partial charge on any atom is 0.175 e. The van der Waals surface area contributed by atoms with Gasteiger partial charge in [-0.25, -0.2) is 13.4 Å². The Morgan fingerprint density at radius 2 is 1.28 bits per heavy atom. The minimum absolute atomic E-state index is 0.267. The fourth-order valence-electron chi connectivity index (χ4n) is 2.99. The largest absolute Gasteiger partial charge is 0.299 e. The van der Waals surface area contributed by atoms with Gasteiger partial charge in [-0.3, -0.25) is 4.57 Å². The van der Waals surface area contributed by atoms with E-state index in [1.54, 1.807) is 24.3 Å². The van der Waals surface area contributed by atoms with Gasteiger partial charge in [0.25, 0.3) is 0 Å². The van der Waals surface area contributed by atoms with Crippen LogP contribution in [0.25, 0.3) is 28.3 Å². The normalized spacial score (nSPS) is 11.6. The Balaban J connectivity index is 1.86. The molecule has 0 aliphatic carbocycles. The highest BCUT2D eigenvalue weighted by molar-refractivity contribution is 7.90. The van der Waals surface area contributed by atoms with Gasteiger partial charge in [0.1, 0.15) is 5.82 Å². The molecule has 0 N–H and O–H groups in total. The van der Waals surface area contributed by atoms with Crippen molar-refractivity contribution >= 4 is 33.0 Å². The predicted octanol–water partition coefficient (Wildman–Crippen LogP) is 5.92. The molecule has 0 aliphatic heterocycles. The smallest absolute Gasteiger partial charge is 0.175 e. The van der Waals surface area contributed by atoms with Gasteiger partial charge in [0.2, 0.25) is 0 Å². The van der Waals surface area contributed by atoms with Gasteiger partial charge in [0, 0.05) is 39.3 Å². The summed E-state index contributed by atoms with van der Waals surface area (Å²) in [4.78, 5) is 5.08. The molecular weight excluding hydrogens is 427 g/mol. The van der Waals surface area contributed by atoms with E-state index in [0.717, 1.165) is 22.5 Å². The van der Waals surface area contributed by atoms with E-state index in [2.05, 4.69) is 0 Å². The Morgan fingerprint density at radius 3 is 1.83 bits per heavy atom. The van der Waals surface area contributed by atoms with Gasteiger partial charge in [0.05, 0.1) is 10.6 Å². The number of sulfone groups is 1. The van der Waals surface area contributed by atoms with Crippen LogP contribution in [0.4, 0.5) is 0 Å². The second kappa shape index (κ2) is 7.67. The molecule has 4 rings (SSSR count). The van der Waals surface area contributed by atoms with E-state index in [0.29, 0.717) is 15.9 Å². The Morgan fingerprint density at radius 1 is 0.759 bits per heavy atom. The van der Waals surface area contributed by atoms with E-state index >= 15 is 0 Å². The SMILES string of the molecule is CS(=O)(=O)c1ccc(-c2nc(-c3ccc(Cl)cc3)cn2-c2ccc(Cl)cc2)cc1. The molecule has 0 spiro atoms. The molecule has 146 valence electrons. The van der Waals surface area contributed by atoms with Crippen molar-refractivity contribution < 1.29 is 8.42 Å². The fraction of sp³-hybridized carbons (Fsp3) is 0.0455. The highest BCUT2D eigenvalue weighted by Crippen LogP contribution is 2.29. The van der Waals surface area contributed by atoms with Crippen LogP contribution in [0.3, 0.4) is 0 Å². The third-order valence-corrected chi connectivity index (χ3v) is 6.12. The van der Waals surface area contributed by atoms with Crippen LogP contribution >= 0.6 is 23.2 Å². The summed E-state index contributed by atoms with van der Waals surface area (Å²) in [6, 6.07) is 21.6. The standard InChI is InChI=1S/C22H16Cl2N2O2S/c1-29(27,28)20-12-4-16(5-13-20)22-25-21(15-2-6-17(23)7-3-15)14-26(22)19-10-8-18(24)9-11-19/h2-14H,1H3. The molecule has 0 unspecified atom stereocenters. The third kappa shape index (κ3) is 4.22. The van der Waals surface area contributed by atoms with Gasteiger partial charge in [-0.05, 0) is 60.7 Å². The lowest BCUT2D eigenvalue weighted by Gasteiger charge is -2.08. The van der Waals surface area contributed by atoms with Crippen molar-refractivity contribution in [1.29, 1.82) is 0 Å². The van der Waals surface area contributed by atoms with Crippen LogP contribution in [0.15, 0.2) is 83.9 Å². The van der Waals surface area contributed by atoms with E-state index in [9.17, 15) is 8.42 Å². The molecule has 1 aromatic heterocycles. The zero-order valence-corrected chi connectivity index (χ0v) is 17.7. The lowest BCUT2D eigenvalue weighted by molar-refractivity contribution is 0.602. The highest BCUT2D eigenvalue weighted by Gasteiger charge is 2.15. The van der Waals surface area contributed by atoms with Gasteiger partial charge >= 0.3 is 0 Å². The van der Waals surface area contributed by atoms with Crippen LogP contribution in [0.5, 0.6) is 0 Å². The molecule has 4 aromatic rings. The number of rotatable bonds is 4. The van der Waals surface area contributed by atoms with E-state index in [1.165, 1.54) is 6.26 Å². The summed E-state index contributed by atoms with van der Waals surface area (Å²) in [5.74, 6) is 0.692. The second-order valence-corrected chi connectivity index (χ2v) is 9.49. The first-order valence-corrected chi connectivity index (χ1v) is 11.4. The molecule has 4 nitrogen and oxygen atoms in total. The molecule has 0 fully saturated rings. The highest BCUT2D eigenvalue weighted by atomic mass is 35.5. The van der Waals surface area contributed by atoms with Crippen LogP contribution in [0.2, 0.25) is 10.0 Å². The molecule has 0 saturated heterocycles. The molecule has 29 heavy (non-hydrogen) atoms. The summed E-state index contributed by atoms with van der Waals surface area (Å²) in [6.45, 7) is 0. The first-order chi connectivity index (χ1) is 13.8. The van der Waals surface area contributed by atoms with E-state index < -0.39 is 9.84 Å². The molecule has 0 aliphatic rings. The topological polar surface area (TPSA) is 52.0 Å². The molecular formula is C22H16Cl2N2O2S. The minimum Gasteiger partial charge on any atom is -0.299 e. The maximum absolute atomic E-state index is 11.8. The Kier molecular flexibility index (Phi) is 5.21. The van der Waals surface area contributed by atoms with Crippen LogP contribution < -0.4 is 0 Å². The van der Waals surface area contributed by atoms with Crippen molar-refractivity contribution in [1.82, 2.24) is 9.55 Å². The Labute approximate surface area is 179 Å². The quantitative estimate of drug-likeness (QED) is 0.394. The minimum atomic E-state index is -3.27. The Bertz CT molecular complexity index is 1260. The van der Waals surface area contributed by atoms with Gasteiger partial charge < -0.3 is 0 Å². The second-order valence-electron chi connectivity index (χ2n) is 6.60. The third-order valence-electron chi connectivity index (χ3n) is 4.49. The van der Waals surface area contributed by atoms with Gasteiger partial charge in [0.15, 0.2) is 9.84 Å². The predicted molar refractivity (Wildman–Crippen MR) is 118 cm³/mol. The first-order valence-electron chi connectivity index (χ1n) is 8.73.